The van der Waals surface area contributed by atoms with E-state index in [-0.39, 0.29) is 16.2 Å². The van der Waals surface area contributed by atoms with Gasteiger partial charge in [0.15, 0.2) is 24.0 Å². The maximum Gasteiger partial charge on any atom is 0.331 e. The van der Waals surface area contributed by atoms with Crippen molar-refractivity contribution in [3.63, 3.8) is 0 Å². The Kier molecular flexibility index (Phi) is 6.97. The average Bonchev–Trinajstić information content (AvgIpc) is 3.31. The molecule has 0 spiro atoms. The molecule has 0 aliphatic carbocycles. The van der Waals surface area contributed by atoms with Crippen LogP contribution in [0.15, 0.2) is 77.7 Å². The maximum absolute atomic E-state index is 13.7. The van der Waals surface area contributed by atoms with Crippen LogP contribution in [-0.2, 0) is 26.0 Å². The van der Waals surface area contributed by atoms with Crippen molar-refractivity contribution in [2.75, 3.05) is 24.6 Å². The summed E-state index contributed by atoms with van der Waals surface area (Å²) in [7, 11) is -2.39. The Balaban J connectivity index is 1.36. The number of fused-ring (bicyclic) bond motifs is 1. The summed E-state index contributed by atoms with van der Waals surface area (Å²) in [5.41, 5.74) is 2.31. The van der Waals surface area contributed by atoms with Gasteiger partial charge in [0.2, 0.25) is 0 Å². The second-order valence-electron chi connectivity index (χ2n) is 7.74. The van der Waals surface area contributed by atoms with E-state index in [2.05, 4.69) is 0 Å². The summed E-state index contributed by atoms with van der Waals surface area (Å²) in [5, 5.41) is 0. The second kappa shape index (κ2) is 10.1. The number of hydrogen-bond acceptors (Lipinski definition) is 6. The lowest BCUT2D eigenvalue weighted by Gasteiger charge is -2.19. The van der Waals surface area contributed by atoms with Crippen LogP contribution in [0.5, 0.6) is 5.75 Å². The van der Waals surface area contributed by atoms with Crippen LogP contribution in [0.2, 0.25) is 0 Å². The molecule has 0 atom stereocenters. The van der Waals surface area contributed by atoms with Crippen molar-refractivity contribution in [1.82, 2.24) is 0 Å². The zero-order chi connectivity index (χ0) is 25.0. The Morgan fingerprint density at radius 1 is 1.06 bits per heavy atom. The molecule has 0 fully saturated rings. The monoisotopic (exact) mass is 495 g/mol. The molecule has 0 radical (unpaired) electrons. The van der Waals surface area contributed by atoms with E-state index >= 15 is 0 Å². The largest absolute Gasteiger partial charge is 0.494 e. The van der Waals surface area contributed by atoms with Crippen LogP contribution in [0.1, 0.15) is 21.5 Å². The van der Waals surface area contributed by atoms with Crippen molar-refractivity contribution in [3.05, 3.63) is 95.3 Å². The van der Waals surface area contributed by atoms with E-state index in [4.69, 9.17) is 9.47 Å². The van der Waals surface area contributed by atoms with Crippen molar-refractivity contribution in [2.45, 2.75) is 11.3 Å². The van der Waals surface area contributed by atoms with Gasteiger partial charge in [0, 0.05) is 18.2 Å². The number of rotatable bonds is 8. The van der Waals surface area contributed by atoms with E-state index in [1.54, 1.807) is 18.2 Å². The average molecular weight is 496 g/mol. The molecule has 0 N–H and O–H groups in total. The first kappa shape index (κ1) is 24.2. The molecule has 0 amide bonds. The van der Waals surface area contributed by atoms with Gasteiger partial charge in [-0.1, -0.05) is 30.3 Å². The molecule has 0 saturated heterocycles. The quantitative estimate of drug-likeness (QED) is 0.266. The Labute approximate surface area is 202 Å². The molecule has 180 valence electrons. The number of anilines is 1. The molecule has 0 bridgehead atoms. The molecule has 1 heterocycles. The number of nitrogens with zero attached hydrogens (tertiary/aromatic N) is 1. The summed E-state index contributed by atoms with van der Waals surface area (Å²) < 4.78 is 51.0. The number of esters is 1. The number of ether oxygens (including phenoxy) is 2. The Hall–Kier alpha value is -3.98. The summed E-state index contributed by atoms with van der Waals surface area (Å²) in [4.78, 5) is 24.2. The summed E-state index contributed by atoms with van der Waals surface area (Å²) in [6.07, 6.45) is 3.23. The predicted molar refractivity (Wildman–Crippen MR) is 128 cm³/mol. The van der Waals surface area contributed by atoms with Crippen molar-refractivity contribution in [3.8, 4) is 5.75 Å². The minimum atomic E-state index is -3.71. The number of carbonyl (C=O) groups excluding carboxylic acids is 2. The molecular weight excluding hydrogens is 473 g/mol. The molecule has 0 aromatic heterocycles. The van der Waals surface area contributed by atoms with Crippen LogP contribution in [-0.4, -0.2) is 40.4 Å². The van der Waals surface area contributed by atoms with Crippen molar-refractivity contribution in [2.24, 2.45) is 0 Å². The third-order valence-electron chi connectivity index (χ3n) is 5.54. The normalized spacial score (nSPS) is 13.0. The summed E-state index contributed by atoms with van der Waals surface area (Å²) in [6.45, 7) is -0.166. The molecule has 4 rings (SSSR count). The smallest absolute Gasteiger partial charge is 0.331 e. The fraction of sp³-hybridized carbons (Fsp3) is 0.154. The first-order valence-corrected chi connectivity index (χ1v) is 12.2. The van der Waals surface area contributed by atoms with Gasteiger partial charge < -0.3 is 9.47 Å². The van der Waals surface area contributed by atoms with E-state index in [0.29, 0.717) is 24.2 Å². The van der Waals surface area contributed by atoms with Gasteiger partial charge in [-0.2, -0.15) is 0 Å². The molecule has 0 saturated carbocycles. The van der Waals surface area contributed by atoms with Gasteiger partial charge >= 0.3 is 5.97 Å². The Morgan fingerprint density at radius 3 is 2.51 bits per heavy atom. The lowest BCUT2D eigenvalue weighted by atomic mass is 10.1. The van der Waals surface area contributed by atoms with Crippen LogP contribution in [0.25, 0.3) is 6.08 Å². The van der Waals surface area contributed by atoms with Crippen LogP contribution in [0.4, 0.5) is 10.1 Å². The fourth-order valence-corrected chi connectivity index (χ4v) is 5.21. The van der Waals surface area contributed by atoms with Gasteiger partial charge in [0.25, 0.3) is 10.0 Å². The summed E-state index contributed by atoms with van der Waals surface area (Å²) >= 11 is 0. The first-order chi connectivity index (χ1) is 16.8. The van der Waals surface area contributed by atoms with Crippen molar-refractivity contribution < 1.29 is 31.9 Å². The van der Waals surface area contributed by atoms with Gasteiger partial charge in [0.1, 0.15) is 0 Å². The molecule has 3 aromatic rings. The molecule has 35 heavy (non-hydrogen) atoms. The number of Topliss-reactive ketones (excluding diaryl/α,β-unsaturated/α-hetero) is 1. The predicted octanol–water partition coefficient (Wildman–Crippen LogP) is 4.03. The van der Waals surface area contributed by atoms with Crippen LogP contribution >= 0.6 is 0 Å². The van der Waals surface area contributed by atoms with E-state index < -0.39 is 34.2 Å². The van der Waals surface area contributed by atoms with Crippen molar-refractivity contribution in [1.29, 1.82) is 0 Å². The molecule has 3 aromatic carbocycles. The number of para-hydroxylation sites is 1. The van der Waals surface area contributed by atoms with Crippen molar-refractivity contribution >= 4 is 33.5 Å². The first-order valence-electron chi connectivity index (χ1n) is 10.7. The number of sulfonamides is 1. The van der Waals surface area contributed by atoms with E-state index in [9.17, 15) is 22.4 Å². The molecular formula is C26H22FNO6S. The van der Waals surface area contributed by atoms with Gasteiger partial charge in [0.05, 0.1) is 17.7 Å². The number of benzene rings is 3. The molecule has 7 nitrogen and oxygen atoms in total. The minimum Gasteiger partial charge on any atom is -0.494 e. The zero-order valence-electron chi connectivity index (χ0n) is 18.8. The number of halogens is 1. The second-order valence-corrected chi connectivity index (χ2v) is 9.60. The van der Waals surface area contributed by atoms with Crippen LogP contribution < -0.4 is 9.04 Å². The van der Waals surface area contributed by atoms with Crippen LogP contribution in [0.3, 0.4) is 0 Å². The number of hydrogen-bond donors (Lipinski definition) is 0. The SMILES string of the molecule is COc1ccc(C(=O)COC(=O)/C=C/c2ccc(S(=O)(=O)N3CCc4ccccc43)cc2)cc1F. The van der Waals surface area contributed by atoms with Gasteiger partial charge in [-0.15, -0.1) is 0 Å². The highest BCUT2D eigenvalue weighted by Gasteiger charge is 2.30. The number of ketones is 1. The summed E-state index contributed by atoms with van der Waals surface area (Å²) in [5.74, 6) is -2.02. The summed E-state index contributed by atoms with van der Waals surface area (Å²) in [6, 6.07) is 17.2. The lowest BCUT2D eigenvalue weighted by molar-refractivity contribution is -0.136. The molecule has 0 unspecified atom stereocenters. The van der Waals surface area contributed by atoms with Gasteiger partial charge in [-0.05, 0) is 60.0 Å². The Morgan fingerprint density at radius 2 is 1.80 bits per heavy atom. The highest BCUT2D eigenvalue weighted by atomic mass is 32.2. The molecule has 9 heteroatoms. The van der Waals surface area contributed by atoms with Crippen LogP contribution in [0, 0.1) is 5.82 Å². The minimum absolute atomic E-state index is 0.00513. The lowest BCUT2D eigenvalue weighted by Crippen LogP contribution is -2.29. The molecule has 1 aliphatic rings. The third-order valence-corrected chi connectivity index (χ3v) is 7.37. The number of carbonyl (C=O) groups is 2. The van der Waals surface area contributed by atoms with E-state index in [0.717, 1.165) is 17.7 Å². The van der Waals surface area contributed by atoms with E-state index in [1.165, 1.54) is 41.8 Å². The van der Waals surface area contributed by atoms with E-state index in [1.807, 2.05) is 18.2 Å². The maximum atomic E-state index is 13.7. The number of methoxy groups -OCH3 is 1. The molecule has 1 aliphatic heterocycles. The van der Waals surface area contributed by atoms with Gasteiger partial charge in [-0.25, -0.2) is 17.6 Å². The highest BCUT2D eigenvalue weighted by Crippen LogP contribution is 2.32. The standard InChI is InChI=1S/C26H22FNO6S/c1-33-25-12-9-20(16-22(25)27)24(29)17-34-26(30)13-8-18-6-10-21(11-7-18)35(31,32)28-15-14-19-4-2-3-5-23(19)28/h2-13,16H,14-15,17H2,1H3/b13-8+. The third kappa shape index (κ3) is 5.25. The zero-order valence-corrected chi connectivity index (χ0v) is 19.6. The Bertz CT molecular complexity index is 1400. The highest BCUT2D eigenvalue weighted by molar-refractivity contribution is 7.92. The fourth-order valence-electron chi connectivity index (χ4n) is 3.71. The topological polar surface area (TPSA) is 90.0 Å². The van der Waals surface area contributed by atoms with Gasteiger partial charge in [-0.3, -0.25) is 9.10 Å².